The molecule has 0 aromatic heterocycles. The summed E-state index contributed by atoms with van der Waals surface area (Å²) in [6.45, 7) is 1.19. The lowest BCUT2D eigenvalue weighted by Gasteiger charge is -2.38. The van der Waals surface area contributed by atoms with Gasteiger partial charge in [-0.15, -0.1) is 0 Å². The molecule has 0 spiro atoms. The fourth-order valence-electron chi connectivity index (χ4n) is 2.63. The molecule has 0 amide bonds. The lowest BCUT2D eigenvalue weighted by atomic mass is 9.73. The van der Waals surface area contributed by atoms with Gasteiger partial charge in [-0.3, -0.25) is 0 Å². The average molecular weight is 307 g/mol. The first kappa shape index (κ1) is 16.6. The van der Waals surface area contributed by atoms with Crippen molar-refractivity contribution < 1.29 is 13.2 Å². The van der Waals surface area contributed by atoms with E-state index in [9.17, 15) is 13.2 Å². The standard InChI is InChI=1S/C18H20F3N/c1-17(18(19,20)21,15-10-6-3-7-11-15)16(22)13-12-14-8-4-2-5-9-14/h2-11,16H,12-13,22H2,1H3. The van der Waals surface area contributed by atoms with Gasteiger partial charge in [0.15, 0.2) is 0 Å². The van der Waals surface area contributed by atoms with E-state index in [1.54, 1.807) is 18.2 Å². The normalized spacial score (nSPS) is 16.0. The van der Waals surface area contributed by atoms with Crippen molar-refractivity contribution in [1.29, 1.82) is 0 Å². The number of nitrogens with two attached hydrogens (primary N) is 1. The number of benzene rings is 2. The van der Waals surface area contributed by atoms with Crippen LogP contribution in [0.2, 0.25) is 0 Å². The van der Waals surface area contributed by atoms with Gasteiger partial charge in [0.05, 0.1) is 0 Å². The fraction of sp³-hybridized carbons (Fsp3) is 0.333. The Kier molecular flexibility index (Phi) is 4.91. The summed E-state index contributed by atoms with van der Waals surface area (Å²) in [5.74, 6) is 0. The second-order valence-electron chi connectivity index (χ2n) is 5.70. The van der Waals surface area contributed by atoms with Crippen molar-refractivity contribution in [2.24, 2.45) is 5.73 Å². The SMILES string of the molecule is CC(c1ccccc1)(C(N)CCc1ccccc1)C(F)(F)F. The first-order valence-electron chi connectivity index (χ1n) is 7.27. The number of aryl methyl sites for hydroxylation is 1. The van der Waals surface area contributed by atoms with Gasteiger partial charge in [-0.1, -0.05) is 60.7 Å². The Labute approximate surface area is 129 Å². The van der Waals surface area contributed by atoms with Crippen LogP contribution in [-0.4, -0.2) is 12.2 Å². The zero-order valence-corrected chi connectivity index (χ0v) is 12.5. The lowest BCUT2D eigenvalue weighted by molar-refractivity contribution is -0.192. The van der Waals surface area contributed by atoms with Crippen LogP contribution in [0.1, 0.15) is 24.5 Å². The quantitative estimate of drug-likeness (QED) is 0.866. The smallest absolute Gasteiger partial charge is 0.327 e. The summed E-state index contributed by atoms with van der Waals surface area (Å²) in [6.07, 6.45) is -3.60. The summed E-state index contributed by atoms with van der Waals surface area (Å²) < 4.78 is 41.1. The van der Waals surface area contributed by atoms with E-state index in [2.05, 4.69) is 0 Å². The molecule has 0 saturated carbocycles. The van der Waals surface area contributed by atoms with E-state index in [-0.39, 0.29) is 12.0 Å². The van der Waals surface area contributed by atoms with Crippen LogP contribution in [0, 0.1) is 0 Å². The highest BCUT2D eigenvalue weighted by atomic mass is 19.4. The molecule has 2 aromatic rings. The van der Waals surface area contributed by atoms with Gasteiger partial charge in [-0.2, -0.15) is 13.2 Å². The minimum atomic E-state index is -4.40. The van der Waals surface area contributed by atoms with Gasteiger partial charge >= 0.3 is 6.18 Å². The summed E-state index contributed by atoms with van der Waals surface area (Å²) in [5.41, 5.74) is 5.15. The van der Waals surface area contributed by atoms with Crippen LogP contribution in [0.3, 0.4) is 0 Å². The number of hydrogen-bond acceptors (Lipinski definition) is 1. The van der Waals surface area contributed by atoms with Crippen molar-refractivity contribution in [2.45, 2.75) is 37.4 Å². The number of rotatable bonds is 5. The molecular formula is C18H20F3N. The Morgan fingerprint density at radius 3 is 1.91 bits per heavy atom. The molecule has 118 valence electrons. The van der Waals surface area contributed by atoms with Crippen LogP contribution >= 0.6 is 0 Å². The van der Waals surface area contributed by atoms with Crippen molar-refractivity contribution in [3.8, 4) is 0 Å². The predicted octanol–water partition coefficient (Wildman–Crippen LogP) is 4.47. The van der Waals surface area contributed by atoms with Crippen LogP contribution in [0.15, 0.2) is 60.7 Å². The molecule has 2 unspecified atom stereocenters. The third-order valence-electron chi connectivity index (χ3n) is 4.29. The van der Waals surface area contributed by atoms with Gasteiger partial charge in [0.2, 0.25) is 0 Å². The van der Waals surface area contributed by atoms with Gasteiger partial charge in [0.25, 0.3) is 0 Å². The molecule has 0 aliphatic carbocycles. The van der Waals surface area contributed by atoms with Crippen LogP contribution in [0.5, 0.6) is 0 Å². The molecule has 0 radical (unpaired) electrons. The van der Waals surface area contributed by atoms with E-state index in [0.29, 0.717) is 6.42 Å². The summed E-state index contributed by atoms with van der Waals surface area (Å²) in [5, 5.41) is 0. The van der Waals surface area contributed by atoms with Gasteiger partial charge in [-0.05, 0) is 30.9 Å². The Morgan fingerprint density at radius 1 is 0.909 bits per heavy atom. The van der Waals surface area contributed by atoms with Gasteiger partial charge in [-0.25, -0.2) is 0 Å². The van der Waals surface area contributed by atoms with E-state index in [4.69, 9.17) is 5.73 Å². The second kappa shape index (κ2) is 6.53. The molecule has 2 aromatic carbocycles. The molecule has 0 heterocycles. The zero-order valence-electron chi connectivity index (χ0n) is 12.5. The highest BCUT2D eigenvalue weighted by molar-refractivity contribution is 5.29. The fourth-order valence-corrected chi connectivity index (χ4v) is 2.63. The Hall–Kier alpha value is -1.81. The summed E-state index contributed by atoms with van der Waals surface area (Å²) in [6, 6.07) is 16.4. The van der Waals surface area contributed by atoms with Crippen LogP contribution < -0.4 is 5.73 Å². The highest BCUT2D eigenvalue weighted by Crippen LogP contribution is 2.43. The number of alkyl halides is 3. The van der Waals surface area contributed by atoms with Crippen LogP contribution in [0.4, 0.5) is 13.2 Å². The molecule has 4 heteroatoms. The molecule has 2 N–H and O–H groups in total. The summed E-state index contributed by atoms with van der Waals surface area (Å²) in [4.78, 5) is 0. The van der Waals surface area contributed by atoms with E-state index >= 15 is 0 Å². The molecule has 2 rings (SSSR count). The van der Waals surface area contributed by atoms with Gasteiger partial charge < -0.3 is 5.73 Å². The van der Waals surface area contributed by atoms with E-state index < -0.39 is 17.6 Å². The molecular weight excluding hydrogens is 287 g/mol. The highest BCUT2D eigenvalue weighted by Gasteiger charge is 2.55. The molecule has 0 saturated heterocycles. The maximum absolute atomic E-state index is 13.7. The average Bonchev–Trinajstić information content (AvgIpc) is 2.52. The molecule has 0 aliphatic rings. The summed E-state index contributed by atoms with van der Waals surface area (Å²) >= 11 is 0. The van der Waals surface area contributed by atoms with Crippen LogP contribution in [-0.2, 0) is 11.8 Å². The summed E-state index contributed by atoms with van der Waals surface area (Å²) in [7, 11) is 0. The van der Waals surface area contributed by atoms with Gasteiger partial charge in [0.1, 0.15) is 5.41 Å². The molecule has 22 heavy (non-hydrogen) atoms. The third kappa shape index (κ3) is 3.33. The van der Waals surface area contributed by atoms with E-state index in [1.807, 2.05) is 30.3 Å². The van der Waals surface area contributed by atoms with Crippen molar-refractivity contribution in [1.82, 2.24) is 0 Å². The molecule has 0 bridgehead atoms. The first-order valence-corrected chi connectivity index (χ1v) is 7.27. The topological polar surface area (TPSA) is 26.0 Å². The Morgan fingerprint density at radius 2 is 1.41 bits per heavy atom. The van der Waals surface area contributed by atoms with Gasteiger partial charge in [0, 0.05) is 6.04 Å². The number of hydrogen-bond donors (Lipinski definition) is 1. The van der Waals surface area contributed by atoms with E-state index in [0.717, 1.165) is 5.56 Å². The maximum atomic E-state index is 13.7. The molecule has 1 nitrogen and oxygen atoms in total. The molecule has 2 atom stereocenters. The number of halogens is 3. The van der Waals surface area contributed by atoms with Crippen LogP contribution in [0.25, 0.3) is 0 Å². The van der Waals surface area contributed by atoms with Crippen molar-refractivity contribution >= 4 is 0 Å². The maximum Gasteiger partial charge on any atom is 0.399 e. The predicted molar refractivity (Wildman–Crippen MR) is 82.6 cm³/mol. The zero-order chi connectivity index (χ0) is 16.2. The molecule has 0 fully saturated rings. The minimum absolute atomic E-state index is 0.211. The second-order valence-corrected chi connectivity index (χ2v) is 5.70. The Balaban J connectivity index is 2.23. The molecule has 0 aliphatic heterocycles. The monoisotopic (exact) mass is 307 g/mol. The van der Waals surface area contributed by atoms with E-state index in [1.165, 1.54) is 19.1 Å². The first-order chi connectivity index (χ1) is 10.4. The lowest BCUT2D eigenvalue weighted by Crippen LogP contribution is -2.53. The largest absolute Gasteiger partial charge is 0.399 e. The van der Waals surface area contributed by atoms with Crippen molar-refractivity contribution in [3.05, 3.63) is 71.8 Å². The third-order valence-corrected chi connectivity index (χ3v) is 4.29. The van der Waals surface area contributed by atoms with Crippen molar-refractivity contribution in [3.63, 3.8) is 0 Å². The minimum Gasteiger partial charge on any atom is -0.327 e. The van der Waals surface area contributed by atoms with Crippen molar-refractivity contribution in [2.75, 3.05) is 0 Å². The Bertz CT molecular complexity index is 580.